The predicted molar refractivity (Wildman–Crippen MR) is 53.8 cm³/mol. The van der Waals surface area contributed by atoms with Crippen LogP contribution >= 0.6 is 0 Å². The molecule has 1 heterocycles. The average molecular weight is 207 g/mol. The Labute approximate surface area is 88.0 Å². The minimum absolute atomic E-state index is 0.405. The molecule has 0 aromatic heterocycles. The molecule has 0 bridgehead atoms. The summed E-state index contributed by atoms with van der Waals surface area (Å²) in [7, 11) is 1.64. The number of hydrogen-bond acceptors (Lipinski definition) is 4. The maximum absolute atomic E-state index is 11.1. The highest BCUT2D eigenvalue weighted by Gasteiger charge is 2.41. The molecule has 0 spiro atoms. The van der Waals surface area contributed by atoms with Gasteiger partial charge in [0.1, 0.15) is 6.04 Å². The zero-order valence-corrected chi connectivity index (χ0v) is 8.68. The number of hydrogen-bond donors (Lipinski definition) is 1. The highest BCUT2D eigenvalue weighted by Crippen LogP contribution is 2.29. The molecular weight excluding hydrogens is 194 g/mol. The van der Waals surface area contributed by atoms with E-state index >= 15 is 0 Å². The van der Waals surface area contributed by atoms with Crippen LogP contribution in [0.4, 0.5) is 0 Å². The number of aliphatic hydroxyl groups excluding tert-OH is 1. The average Bonchev–Trinajstić information content (AvgIpc) is 2.44. The van der Waals surface area contributed by atoms with Gasteiger partial charge in [-0.05, 0) is 12.5 Å². The lowest BCUT2D eigenvalue weighted by Gasteiger charge is -2.17. The summed E-state index contributed by atoms with van der Waals surface area (Å²) in [6, 6.07) is 7.26. The van der Waals surface area contributed by atoms with Gasteiger partial charge in [0.2, 0.25) is 0 Å². The van der Waals surface area contributed by atoms with Gasteiger partial charge in [0.15, 0.2) is 6.10 Å². The number of aliphatic hydroxyl groups is 1. The summed E-state index contributed by atoms with van der Waals surface area (Å²) in [5.41, 5.74) is 2.02. The lowest BCUT2D eigenvalue weighted by atomic mass is 10.0. The smallest absolute Gasteiger partial charge is 0.355 e. The van der Waals surface area contributed by atoms with Crippen LogP contribution in [0.15, 0.2) is 24.3 Å². The normalized spacial score (nSPS) is 26.7. The third kappa shape index (κ3) is 1.73. The monoisotopic (exact) mass is 207 g/mol. The first-order chi connectivity index (χ1) is 7.09. The standard InChI is InChI=1S/C11H13NO3/c1-7-3-5-8(6-4-7)9-10(13)11(14)15-12(9)2/h3-6,9-10,13H,1-2H3/t9-,10-/m1/s1. The molecule has 4 heteroatoms. The second-order valence-electron chi connectivity index (χ2n) is 3.76. The number of hydroxylamine groups is 2. The molecule has 1 aromatic carbocycles. The topological polar surface area (TPSA) is 49.8 Å². The Bertz CT molecular complexity index is 374. The van der Waals surface area contributed by atoms with Crippen LogP contribution in [0.5, 0.6) is 0 Å². The van der Waals surface area contributed by atoms with Gasteiger partial charge < -0.3 is 9.94 Å². The number of rotatable bonds is 1. The minimum Gasteiger partial charge on any atom is -0.379 e. The van der Waals surface area contributed by atoms with Gasteiger partial charge in [-0.2, -0.15) is 0 Å². The number of nitrogens with zero attached hydrogens (tertiary/aromatic N) is 1. The Hall–Kier alpha value is -1.39. The van der Waals surface area contributed by atoms with Crippen LogP contribution in [-0.4, -0.2) is 29.3 Å². The minimum atomic E-state index is -1.10. The highest BCUT2D eigenvalue weighted by atomic mass is 16.7. The Kier molecular flexibility index (Phi) is 2.46. The first kappa shape index (κ1) is 10.1. The Morgan fingerprint density at radius 3 is 2.40 bits per heavy atom. The van der Waals surface area contributed by atoms with Crippen molar-refractivity contribution in [2.75, 3.05) is 7.05 Å². The van der Waals surface area contributed by atoms with Crippen molar-refractivity contribution in [3.8, 4) is 0 Å². The van der Waals surface area contributed by atoms with Crippen molar-refractivity contribution >= 4 is 5.97 Å². The number of likely N-dealkylation sites (N-methyl/N-ethyl adjacent to an activating group) is 1. The largest absolute Gasteiger partial charge is 0.379 e. The van der Waals surface area contributed by atoms with E-state index in [9.17, 15) is 9.90 Å². The van der Waals surface area contributed by atoms with Crippen molar-refractivity contribution in [3.05, 3.63) is 35.4 Å². The second-order valence-corrected chi connectivity index (χ2v) is 3.76. The van der Waals surface area contributed by atoms with E-state index in [2.05, 4.69) is 0 Å². The first-order valence-electron chi connectivity index (χ1n) is 4.79. The number of carbonyl (C=O) groups excluding carboxylic acids is 1. The lowest BCUT2D eigenvalue weighted by molar-refractivity contribution is -0.170. The molecule has 4 nitrogen and oxygen atoms in total. The van der Waals surface area contributed by atoms with E-state index in [0.717, 1.165) is 11.1 Å². The lowest BCUT2D eigenvalue weighted by Crippen LogP contribution is -2.24. The molecule has 2 atom stereocenters. The fourth-order valence-electron chi connectivity index (χ4n) is 1.74. The van der Waals surface area contributed by atoms with Crippen LogP contribution in [0.1, 0.15) is 17.2 Å². The summed E-state index contributed by atoms with van der Waals surface area (Å²) in [4.78, 5) is 15.9. The molecule has 0 amide bonds. The quantitative estimate of drug-likeness (QED) is 0.740. The molecule has 0 unspecified atom stereocenters. The fourth-order valence-corrected chi connectivity index (χ4v) is 1.74. The Morgan fingerprint density at radius 1 is 1.33 bits per heavy atom. The van der Waals surface area contributed by atoms with Gasteiger partial charge in [-0.25, -0.2) is 4.79 Å². The fraction of sp³-hybridized carbons (Fsp3) is 0.364. The van der Waals surface area contributed by atoms with Crippen LogP contribution in [0.25, 0.3) is 0 Å². The van der Waals surface area contributed by atoms with Crippen molar-refractivity contribution in [1.29, 1.82) is 0 Å². The van der Waals surface area contributed by atoms with E-state index in [4.69, 9.17) is 4.84 Å². The summed E-state index contributed by atoms with van der Waals surface area (Å²) < 4.78 is 0. The summed E-state index contributed by atoms with van der Waals surface area (Å²) in [5, 5.41) is 11.0. The molecule has 0 radical (unpaired) electrons. The molecule has 0 saturated carbocycles. The summed E-state index contributed by atoms with van der Waals surface area (Å²) >= 11 is 0. The van der Waals surface area contributed by atoms with Gasteiger partial charge >= 0.3 is 5.97 Å². The van der Waals surface area contributed by atoms with Crippen molar-refractivity contribution in [1.82, 2.24) is 5.06 Å². The molecule has 15 heavy (non-hydrogen) atoms. The molecule has 1 aliphatic heterocycles. The van der Waals surface area contributed by atoms with Gasteiger partial charge in [-0.3, -0.25) is 0 Å². The number of benzene rings is 1. The van der Waals surface area contributed by atoms with Gasteiger partial charge in [0.25, 0.3) is 0 Å². The Morgan fingerprint density at radius 2 is 1.93 bits per heavy atom. The van der Waals surface area contributed by atoms with E-state index in [1.807, 2.05) is 31.2 Å². The van der Waals surface area contributed by atoms with Crippen LogP contribution < -0.4 is 0 Å². The van der Waals surface area contributed by atoms with Crippen LogP contribution in [-0.2, 0) is 9.63 Å². The second kappa shape index (κ2) is 3.64. The third-order valence-electron chi connectivity index (χ3n) is 2.59. The molecule has 1 saturated heterocycles. The summed E-state index contributed by atoms with van der Waals surface area (Å²) in [6.07, 6.45) is -1.10. The van der Waals surface area contributed by atoms with Crippen molar-refractivity contribution < 1.29 is 14.7 Å². The van der Waals surface area contributed by atoms with E-state index in [1.54, 1.807) is 7.05 Å². The third-order valence-corrected chi connectivity index (χ3v) is 2.59. The number of carbonyl (C=O) groups is 1. The SMILES string of the molecule is Cc1ccc([C@@H]2[C@@H](O)C(=O)ON2C)cc1. The molecule has 0 aliphatic carbocycles. The maximum atomic E-state index is 11.1. The zero-order chi connectivity index (χ0) is 11.0. The van der Waals surface area contributed by atoms with E-state index < -0.39 is 18.1 Å². The van der Waals surface area contributed by atoms with Crippen LogP contribution in [0.2, 0.25) is 0 Å². The van der Waals surface area contributed by atoms with Crippen molar-refractivity contribution in [2.45, 2.75) is 19.1 Å². The summed E-state index contributed by atoms with van der Waals surface area (Å²) in [6.45, 7) is 1.99. The molecular formula is C11H13NO3. The van der Waals surface area contributed by atoms with E-state index in [1.165, 1.54) is 5.06 Å². The highest BCUT2D eigenvalue weighted by molar-refractivity contribution is 5.77. The molecule has 1 aliphatic rings. The van der Waals surface area contributed by atoms with E-state index in [0.29, 0.717) is 0 Å². The first-order valence-corrected chi connectivity index (χ1v) is 4.79. The molecule has 1 N–H and O–H groups in total. The molecule has 2 rings (SSSR count). The van der Waals surface area contributed by atoms with E-state index in [-0.39, 0.29) is 0 Å². The van der Waals surface area contributed by atoms with Crippen LogP contribution in [0, 0.1) is 6.92 Å². The van der Waals surface area contributed by atoms with Crippen molar-refractivity contribution in [2.24, 2.45) is 0 Å². The number of aryl methyl sites for hydroxylation is 1. The molecule has 80 valence electrons. The molecule has 1 aromatic rings. The Balaban J connectivity index is 2.30. The van der Waals surface area contributed by atoms with Gasteiger partial charge in [0.05, 0.1) is 0 Å². The van der Waals surface area contributed by atoms with Gasteiger partial charge in [0, 0.05) is 7.05 Å². The zero-order valence-electron chi connectivity index (χ0n) is 8.68. The molecule has 1 fully saturated rings. The summed E-state index contributed by atoms with van der Waals surface area (Å²) in [5.74, 6) is -0.594. The van der Waals surface area contributed by atoms with Gasteiger partial charge in [-0.1, -0.05) is 29.8 Å². The van der Waals surface area contributed by atoms with Crippen LogP contribution in [0.3, 0.4) is 0 Å². The van der Waals surface area contributed by atoms with Gasteiger partial charge in [-0.15, -0.1) is 5.06 Å². The maximum Gasteiger partial charge on any atom is 0.355 e. The predicted octanol–water partition coefficient (Wildman–Crippen LogP) is 0.801. The van der Waals surface area contributed by atoms with Crippen molar-refractivity contribution in [3.63, 3.8) is 0 Å².